The lowest BCUT2D eigenvalue weighted by Gasteiger charge is -2.39. The van der Waals surface area contributed by atoms with Crippen molar-refractivity contribution in [3.05, 3.63) is 59.2 Å². The Morgan fingerprint density at radius 1 is 1.03 bits per heavy atom. The lowest BCUT2D eigenvalue weighted by atomic mass is 10.1. The topological polar surface area (TPSA) is 60.9 Å². The van der Waals surface area contributed by atoms with Crippen molar-refractivity contribution < 1.29 is 26.4 Å². The molecular formula is C24H30F3N3O3S. The normalized spacial score (nSPS) is 15.9. The van der Waals surface area contributed by atoms with Gasteiger partial charge in [-0.2, -0.15) is 13.2 Å². The Morgan fingerprint density at radius 3 is 2.21 bits per heavy atom. The van der Waals surface area contributed by atoms with Gasteiger partial charge in [0.15, 0.2) is 0 Å². The van der Waals surface area contributed by atoms with Gasteiger partial charge >= 0.3 is 6.18 Å². The molecule has 2 aromatic rings. The quantitative estimate of drug-likeness (QED) is 0.600. The second-order valence-corrected chi connectivity index (χ2v) is 10.5. The smallest absolute Gasteiger partial charge is 0.368 e. The number of carbonyl (C=O) groups excluding carboxylic acids is 1. The van der Waals surface area contributed by atoms with Crippen LogP contribution in [0.2, 0.25) is 0 Å². The number of sulfonamides is 1. The predicted molar refractivity (Wildman–Crippen MR) is 128 cm³/mol. The highest BCUT2D eigenvalue weighted by molar-refractivity contribution is 7.92. The lowest BCUT2D eigenvalue weighted by Crippen LogP contribution is -2.56. The highest BCUT2D eigenvalue weighted by Gasteiger charge is 2.36. The largest absolute Gasteiger partial charge is 0.416 e. The maximum absolute atomic E-state index is 13.4. The molecule has 0 spiro atoms. The molecule has 3 rings (SSSR count). The third kappa shape index (κ3) is 5.65. The van der Waals surface area contributed by atoms with Crippen molar-refractivity contribution in [1.82, 2.24) is 4.90 Å². The highest BCUT2D eigenvalue weighted by atomic mass is 32.2. The van der Waals surface area contributed by atoms with E-state index in [1.54, 1.807) is 34.9 Å². The molecule has 1 aliphatic rings. The minimum Gasteiger partial charge on any atom is -0.368 e. The number of rotatable bonds is 6. The molecule has 6 nitrogen and oxygen atoms in total. The molecule has 0 radical (unpaired) electrons. The van der Waals surface area contributed by atoms with Crippen LogP contribution < -0.4 is 9.21 Å². The minimum atomic E-state index is -4.43. The SMILES string of the molecule is CCC(C(=O)N1CCN(c2cccc(C(F)(F)F)c2)CC1)N(c1ccc(C)c(C)c1)S(C)(=O)=O. The Balaban J connectivity index is 1.78. The molecule has 1 fully saturated rings. The molecule has 0 aromatic heterocycles. The molecule has 0 saturated carbocycles. The number of hydrogen-bond acceptors (Lipinski definition) is 4. The summed E-state index contributed by atoms with van der Waals surface area (Å²) in [5.74, 6) is -0.310. The van der Waals surface area contributed by atoms with Gasteiger partial charge in [0, 0.05) is 31.9 Å². The van der Waals surface area contributed by atoms with E-state index in [4.69, 9.17) is 0 Å². The van der Waals surface area contributed by atoms with E-state index in [9.17, 15) is 26.4 Å². The van der Waals surface area contributed by atoms with Gasteiger partial charge in [-0.1, -0.05) is 19.1 Å². The molecule has 10 heteroatoms. The van der Waals surface area contributed by atoms with Gasteiger partial charge in [0.05, 0.1) is 17.5 Å². The second-order valence-electron chi connectivity index (χ2n) is 8.61. The minimum absolute atomic E-state index is 0.284. The lowest BCUT2D eigenvalue weighted by molar-refractivity contribution is -0.137. The van der Waals surface area contributed by atoms with Crippen molar-refractivity contribution in [1.29, 1.82) is 0 Å². The number of anilines is 2. The van der Waals surface area contributed by atoms with Crippen LogP contribution >= 0.6 is 0 Å². The van der Waals surface area contributed by atoms with E-state index >= 15 is 0 Å². The molecule has 2 aromatic carbocycles. The highest BCUT2D eigenvalue weighted by Crippen LogP contribution is 2.32. The van der Waals surface area contributed by atoms with Crippen molar-refractivity contribution in [2.24, 2.45) is 0 Å². The number of alkyl halides is 3. The zero-order chi connectivity index (χ0) is 25.3. The predicted octanol–water partition coefficient (Wildman–Crippen LogP) is 4.22. The summed E-state index contributed by atoms with van der Waals surface area (Å²) in [6.45, 7) is 6.86. The zero-order valence-electron chi connectivity index (χ0n) is 19.8. The number of halogens is 3. The van der Waals surface area contributed by atoms with E-state index in [1.165, 1.54) is 10.4 Å². The van der Waals surface area contributed by atoms with Crippen LogP contribution in [-0.2, 0) is 21.0 Å². The number of nitrogens with zero attached hydrogens (tertiary/aromatic N) is 3. The maximum Gasteiger partial charge on any atom is 0.416 e. The van der Waals surface area contributed by atoms with Crippen LogP contribution in [-0.4, -0.2) is 57.7 Å². The monoisotopic (exact) mass is 497 g/mol. The number of hydrogen-bond donors (Lipinski definition) is 0. The molecule has 1 aliphatic heterocycles. The Bertz CT molecular complexity index is 1140. The molecule has 1 saturated heterocycles. The van der Waals surface area contributed by atoms with Crippen molar-refractivity contribution in [2.75, 3.05) is 41.6 Å². The van der Waals surface area contributed by atoms with Gasteiger partial charge in [-0.05, 0) is 61.7 Å². The summed E-state index contributed by atoms with van der Waals surface area (Å²) in [4.78, 5) is 16.8. The standard InChI is InChI=1S/C24H30F3N3O3S/c1-5-22(30(34(4,32)33)21-10-9-17(2)18(3)15-21)23(31)29-13-11-28(12-14-29)20-8-6-7-19(16-20)24(25,26)27/h6-10,15-16,22H,5,11-14H2,1-4H3. The van der Waals surface area contributed by atoms with Gasteiger partial charge in [-0.3, -0.25) is 9.10 Å². The summed E-state index contributed by atoms with van der Waals surface area (Å²) >= 11 is 0. The summed E-state index contributed by atoms with van der Waals surface area (Å²) in [5.41, 5.74) is 2.10. The molecular weight excluding hydrogens is 467 g/mol. The zero-order valence-corrected chi connectivity index (χ0v) is 20.6. The van der Waals surface area contributed by atoms with E-state index in [2.05, 4.69) is 0 Å². The van der Waals surface area contributed by atoms with Gasteiger partial charge in [-0.25, -0.2) is 8.42 Å². The first-order valence-electron chi connectivity index (χ1n) is 11.1. The third-order valence-corrected chi connectivity index (χ3v) is 7.37. The number of aryl methyl sites for hydroxylation is 2. The van der Waals surface area contributed by atoms with Crippen molar-refractivity contribution in [3.8, 4) is 0 Å². The van der Waals surface area contributed by atoms with Gasteiger partial charge in [0.1, 0.15) is 6.04 Å². The number of carbonyl (C=O) groups is 1. The summed E-state index contributed by atoms with van der Waals surface area (Å²) < 4.78 is 65.8. The van der Waals surface area contributed by atoms with E-state index in [0.717, 1.165) is 29.5 Å². The first-order valence-corrected chi connectivity index (χ1v) is 13.0. The molecule has 0 N–H and O–H groups in total. The van der Waals surface area contributed by atoms with Crippen LogP contribution in [0.25, 0.3) is 0 Å². The van der Waals surface area contributed by atoms with E-state index in [-0.39, 0.29) is 25.4 Å². The third-order valence-electron chi connectivity index (χ3n) is 6.19. The van der Waals surface area contributed by atoms with Crippen LogP contribution in [0.4, 0.5) is 24.5 Å². The van der Waals surface area contributed by atoms with E-state index < -0.39 is 27.8 Å². The molecule has 0 bridgehead atoms. The second kappa shape index (κ2) is 9.85. The Morgan fingerprint density at radius 2 is 1.68 bits per heavy atom. The van der Waals surface area contributed by atoms with Crippen LogP contribution in [0.1, 0.15) is 30.0 Å². The Hall–Kier alpha value is -2.75. The molecule has 1 amide bonds. The first kappa shape index (κ1) is 25.9. The Kier molecular flexibility index (Phi) is 7.50. The van der Waals surface area contributed by atoms with Crippen molar-refractivity contribution in [2.45, 2.75) is 39.4 Å². The fourth-order valence-electron chi connectivity index (χ4n) is 4.18. The summed E-state index contributed by atoms with van der Waals surface area (Å²) in [7, 11) is -3.75. The Labute approximate surface area is 199 Å². The number of amides is 1. The van der Waals surface area contributed by atoms with Crippen LogP contribution in [0, 0.1) is 13.8 Å². The molecule has 1 atom stereocenters. The molecule has 0 aliphatic carbocycles. The summed E-state index contributed by atoms with van der Waals surface area (Å²) in [5, 5.41) is 0. The first-order chi connectivity index (χ1) is 15.8. The van der Waals surface area contributed by atoms with Gasteiger partial charge in [-0.15, -0.1) is 0 Å². The summed E-state index contributed by atoms with van der Waals surface area (Å²) in [6, 6.07) is 9.51. The van der Waals surface area contributed by atoms with Gasteiger partial charge in [0.2, 0.25) is 15.9 Å². The van der Waals surface area contributed by atoms with Crippen LogP contribution in [0.5, 0.6) is 0 Å². The molecule has 34 heavy (non-hydrogen) atoms. The molecule has 1 heterocycles. The van der Waals surface area contributed by atoms with Gasteiger partial charge in [0.25, 0.3) is 0 Å². The maximum atomic E-state index is 13.4. The molecule has 186 valence electrons. The summed E-state index contributed by atoms with van der Waals surface area (Å²) in [6.07, 6.45) is -3.05. The van der Waals surface area contributed by atoms with Gasteiger partial charge < -0.3 is 9.80 Å². The number of piperazine rings is 1. The molecule has 1 unspecified atom stereocenters. The van der Waals surface area contributed by atoms with E-state index in [0.29, 0.717) is 24.5 Å². The fourth-order valence-corrected chi connectivity index (χ4v) is 5.38. The number of benzene rings is 2. The average Bonchev–Trinajstić information content (AvgIpc) is 2.78. The van der Waals surface area contributed by atoms with Crippen molar-refractivity contribution >= 4 is 27.3 Å². The van der Waals surface area contributed by atoms with Crippen LogP contribution in [0.3, 0.4) is 0 Å². The van der Waals surface area contributed by atoms with Crippen LogP contribution in [0.15, 0.2) is 42.5 Å². The van der Waals surface area contributed by atoms with E-state index in [1.807, 2.05) is 19.9 Å². The average molecular weight is 498 g/mol. The van der Waals surface area contributed by atoms with Crippen molar-refractivity contribution in [3.63, 3.8) is 0 Å². The fraction of sp³-hybridized carbons (Fsp3) is 0.458.